The number of hydrogen-bond donors (Lipinski definition) is 2. The summed E-state index contributed by atoms with van der Waals surface area (Å²) in [6.45, 7) is 20.9. The van der Waals surface area contributed by atoms with Gasteiger partial charge in [-0.05, 0) is 112 Å². The van der Waals surface area contributed by atoms with E-state index in [9.17, 15) is 0 Å². The maximum absolute atomic E-state index is 7.45. The maximum Gasteiger partial charge on any atom is 0.122 e. The standard InChI is InChI=1S/C52H73Cl2N2P.Ru/c1-34(2)41-22-15-23-42(35(3)4)47(41)45-26-17-28-51(49(45)50-55-30-31-56-50,48-43(36(5)6)24-16-25-44(48)37(7)8)32-38-33-52(53,54)29-27-46(38)57(39-18-11-9-12-19-39)40-20-13-10-14-21-40;/h15-17,22-26,28,32,34-37,39-40,46,55-56H,9-14,18-21,27,29-31,33H2,1-8H3;. The van der Waals surface area contributed by atoms with Gasteiger partial charge in [0, 0.05) is 50.2 Å². The van der Waals surface area contributed by atoms with Gasteiger partial charge in [-0.1, -0.05) is 168 Å². The largest absolute Gasteiger partial charge is 0.370 e. The molecule has 2 unspecified atom stereocenters. The molecule has 3 saturated carbocycles. The average molecular weight is 929 g/mol. The number of nitrogens with one attached hydrogen (secondary N) is 2. The van der Waals surface area contributed by atoms with Gasteiger partial charge in [0.15, 0.2) is 0 Å². The van der Waals surface area contributed by atoms with Gasteiger partial charge in [-0.3, -0.25) is 0 Å². The van der Waals surface area contributed by atoms with Gasteiger partial charge in [0.25, 0.3) is 0 Å². The van der Waals surface area contributed by atoms with Crippen molar-refractivity contribution >= 4 is 36.7 Å². The molecular formula is C52H73Cl2N2PRu. The summed E-state index contributed by atoms with van der Waals surface area (Å²) >= 11 is 14.9. The zero-order chi connectivity index (χ0) is 40.5. The number of hydrogen-bond acceptors (Lipinski definition) is 2. The molecule has 7 rings (SSSR count). The number of alkyl halides is 2. The minimum absolute atomic E-state index is 0. The summed E-state index contributed by atoms with van der Waals surface area (Å²) in [7, 11) is -0.233. The third-order valence-electron chi connectivity index (χ3n) is 14.2. The van der Waals surface area contributed by atoms with Crippen molar-refractivity contribution in [3.8, 4) is 0 Å². The van der Waals surface area contributed by atoms with Gasteiger partial charge >= 0.3 is 0 Å². The first-order valence-corrected chi connectivity index (χ1v) is 25.4. The fourth-order valence-electron chi connectivity index (χ4n) is 11.5. The van der Waals surface area contributed by atoms with E-state index in [-0.39, 0.29) is 27.4 Å². The second-order valence-corrected chi connectivity index (χ2v) is 24.1. The van der Waals surface area contributed by atoms with Crippen LogP contribution >= 0.6 is 31.1 Å². The Morgan fingerprint density at radius 2 is 1.16 bits per heavy atom. The van der Waals surface area contributed by atoms with Crippen molar-refractivity contribution in [1.82, 2.24) is 10.6 Å². The molecule has 1 saturated heterocycles. The third kappa shape index (κ3) is 9.50. The first-order chi connectivity index (χ1) is 27.3. The molecule has 6 heteroatoms. The summed E-state index contributed by atoms with van der Waals surface area (Å²) in [5, 5.41) is 7.91. The molecular weight excluding hydrogens is 856 g/mol. The van der Waals surface area contributed by atoms with Crippen LogP contribution in [0, 0.1) is 0 Å². The predicted molar refractivity (Wildman–Crippen MR) is 252 cm³/mol. The summed E-state index contributed by atoms with van der Waals surface area (Å²) in [4.78, 5) is 0. The molecule has 318 valence electrons. The van der Waals surface area contributed by atoms with Crippen molar-refractivity contribution in [2.45, 2.75) is 189 Å². The van der Waals surface area contributed by atoms with Crippen molar-refractivity contribution in [3.63, 3.8) is 0 Å². The molecule has 0 amide bonds. The molecule has 2 aromatic rings. The Bertz CT molecular complexity index is 1780. The molecule has 4 fully saturated rings. The van der Waals surface area contributed by atoms with E-state index in [2.05, 4.69) is 127 Å². The van der Waals surface area contributed by atoms with Gasteiger partial charge in [0.05, 0.1) is 5.41 Å². The number of benzene rings is 2. The molecule has 0 aromatic heterocycles. The molecule has 5 aliphatic rings. The molecule has 0 bridgehead atoms. The van der Waals surface area contributed by atoms with Crippen LogP contribution in [0.15, 0.2) is 77.7 Å². The quantitative estimate of drug-likeness (QED) is 0.107. The van der Waals surface area contributed by atoms with Crippen LogP contribution in [0.1, 0.15) is 196 Å². The van der Waals surface area contributed by atoms with Crippen molar-refractivity contribution < 1.29 is 19.5 Å². The van der Waals surface area contributed by atoms with Gasteiger partial charge in [0.1, 0.15) is 10.2 Å². The molecule has 2 atom stereocenters. The molecule has 1 heterocycles. The summed E-state index contributed by atoms with van der Waals surface area (Å²) in [6, 6.07) is 14.2. The van der Waals surface area contributed by atoms with Gasteiger partial charge in [-0.15, -0.1) is 23.2 Å². The first kappa shape index (κ1) is 46.1. The maximum atomic E-state index is 7.45. The predicted octanol–water partition coefficient (Wildman–Crippen LogP) is 15.3. The van der Waals surface area contributed by atoms with E-state index in [0.717, 1.165) is 43.7 Å². The van der Waals surface area contributed by atoms with Crippen LogP contribution in [0.4, 0.5) is 0 Å². The topological polar surface area (TPSA) is 24.1 Å². The fourth-order valence-corrected chi connectivity index (χ4v) is 16.6. The molecule has 1 aliphatic heterocycles. The molecule has 2 aromatic carbocycles. The van der Waals surface area contributed by atoms with E-state index in [0.29, 0.717) is 29.3 Å². The van der Waals surface area contributed by atoms with Gasteiger partial charge in [-0.25, -0.2) is 0 Å². The third-order valence-corrected chi connectivity index (χ3v) is 18.8. The molecule has 2 N–H and O–H groups in total. The Kier molecular flexibility index (Phi) is 15.7. The van der Waals surface area contributed by atoms with E-state index in [4.69, 9.17) is 23.2 Å². The van der Waals surface area contributed by atoms with E-state index in [1.165, 1.54) is 115 Å². The van der Waals surface area contributed by atoms with E-state index < -0.39 is 9.75 Å². The van der Waals surface area contributed by atoms with Crippen LogP contribution in [0.3, 0.4) is 0 Å². The van der Waals surface area contributed by atoms with Crippen LogP contribution in [0.2, 0.25) is 0 Å². The molecule has 0 spiro atoms. The zero-order valence-corrected chi connectivity index (χ0v) is 41.1. The van der Waals surface area contributed by atoms with Gasteiger partial charge in [-0.2, -0.15) is 0 Å². The number of halogens is 2. The second kappa shape index (κ2) is 19.8. The molecule has 58 heavy (non-hydrogen) atoms. The van der Waals surface area contributed by atoms with E-state index in [1.54, 1.807) is 5.57 Å². The van der Waals surface area contributed by atoms with Crippen molar-refractivity contribution in [1.29, 1.82) is 0 Å². The Labute approximate surface area is 377 Å². The molecule has 2 nitrogen and oxygen atoms in total. The summed E-state index contributed by atoms with van der Waals surface area (Å²) in [5.74, 6) is 2.65. The number of rotatable bonds is 10. The second-order valence-electron chi connectivity index (χ2n) is 19.5. The molecule has 0 radical (unpaired) electrons. The minimum atomic E-state index is -0.759. The molecule has 4 aliphatic carbocycles. The Hall–Kier alpha value is -1.37. The zero-order valence-electron chi connectivity index (χ0n) is 37.0. The normalized spacial score (nSPS) is 25.2. The van der Waals surface area contributed by atoms with Crippen LogP contribution in [-0.4, -0.2) is 34.4 Å². The van der Waals surface area contributed by atoms with Crippen molar-refractivity contribution in [2.75, 3.05) is 13.1 Å². The smallest absolute Gasteiger partial charge is 0.122 e. The van der Waals surface area contributed by atoms with Gasteiger partial charge < -0.3 is 10.6 Å². The number of allylic oxidation sites excluding steroid dienone is 7. The fraction of sp³-hybridized carbons (Fsp3) is 0.615. The van der Waals surface area contributed by atoms with Crippen molar-refractivity contribution in [2.24, 2.45) is 0 Å². The van der Waals surface area contributed by atoms with E-state index in [1.807, 2.05) is 0 Å². The van der Waals surface area contributed by atoms with E-state index >= 15 is 0 Å². The first-order valence-electron chi connectivity index (χ1n) is 23.1. The van der Waals surface area contributed by atoms with Crippen molar-refractivity contribution in [3.05, 3.63) is 111 Å². The Morgan fingerprint density at radius 1 is 0.672 bits per heavy atom. The Balaban J connectivity index is 0.00000567. The summed E-state index contributed by atoms with van der Waals surface area (Å²) in [6.07, 6.45) is 27.1. The van der Waals surface area contributed by atoms with Gasteiger partial charge in [0.2, 0.25) is 0 Å². The SMILES string of the molecule is CC(C)c1cccc(C(C)C)c1C1=CC=CC(C=C2CC(Cl)(Cl)CCC2P(C2CCCCC2)C2CCCCC2)(c2c(C(C)C)cccc2C(C)C)C1=C1NCCN1.[Ru]. The van der Waals surface area contributed by atoms with Crippen LogP contribution in [0.5, 0.6) is 0 Å². The van der Waals surface area contributed by atoms with Crippen LogP contribution in [-0.2, 0) is 24.9 Å². The monoisotopic (exact) mass is 928 g/mol. The summed E-state index contributed by atoms with van der Waals surface area (Å²) in [5.41, 5.74) is 14.6. The van der Waals surface area contributed by atoms with Crippen LogP contribution < -0.4 is 10.6 Å². The Morgan fingerprint density at radius 3 is 1.64 bits per heavy atom. The van der Waals surface area contributed by atoms with Crippen LogP contribution in [0.25, 0.3) is 5.57 Å². The average Bonchev–Trinajstić information content (AvgIpc) is 3.73. The summed E-state index contributed by atoms with van der Waals surface area (Å²) < 4.78 is -0.759. The minimum Gasteiger partial charge on any atom is -0.370 e.